The summed E-state index contributed by atoms with van der Waals surface area (Å²) < 4.78 is 0. The van der Waals surface area contributed by atoms with Crippen LogP contribution in [0.3, 0.4) is 0 Å². The van der Waals surface area contributed by atoms with Gasteiger partial charge in [-0.2, -0.15) is 0 Å². The lowest BCUT2D eigenvalue weighted by Crippen LogP contribution is -2.40. The molecule has 1 fully saturated rings. The number of fused-ring (bicyclic) bond motifs is 1. The quantitative estimate of drug-likeness (QED) is 0.882. The average molecular weight is 276 g/mol. The Bertz CT molecular complexity index is 473. The van der Waals surface area contributed by atoms with Crippen molar-refractivity contribution in [1.29, 1.82) is 0 Å². The van der Waals surface area contributed by atoms with Crippen molar-refractivity contribution in [2.24, 2.45) is 11.7 Å². The number of nitrogens with two attached hydrogens (primary N) is 1. The summed E-state index contributed by atoms with van der Waals surface area (Å²) in [6.45, 7) is 0.614. The van der Waals surface area contributed by atoms with E-state index in [4.69, 9.17) is 5.73 Å². The van der Waals surface area contributed by atoms with Gasteiger partial charge in [0.25, 0.3) is 0 Å². The van der Waals surface area contributed by atoms with Crippen molar-refractivity contribution in [1.82, 2.24) is 5.32 Å². The van der Waals surface area contributed by atoms with Crippen molar-refractivity contribution < 1.29 is 4.79 Å². The second-order valence-corrected chi connectivity index (χ2v) is 6.66. The highest BCUT2D eigenvalue weighted by atomic mass is 32.2. The van der Waals surface area contributed by atoms with Gasteiger partial charge >= 0.3 is 0 Å². The molecule has 3 nitrogen and oxygen atoms in total. The van der Waals surface area contributed by atoms with E-state index >= 15 is 0 Å². The number of carbonyl (C=O) groups excluding carboxylic acids is 1. The van der Waals surface area contributed by atoms with Gasteiger partial charge in [-0.15, -0.1) is 11.8 Å². The van der Waals surface area contributed by atoms with Crippen LogP contribution in [0.1, 0.15) is 29.2 Å². The molecule has 3 N–H and O–H groups in total. The van der Waals surface area contributed by atoms with E-state index in [2.05, 4.69) is 17.4 Å². The largest absolute Gasteiger partial charge is 0.353 e. The fourth-order valence-corrected chi connectivity index (χ4v) is 3.83. The summed E-state index contributed by atoms with van der Waals surface area (Å²) in [6.07, 6.45) is 3.50. The molecular formula is C15H20N2OS. The first kappa shape index (κ1) is 13.0. The highest BCUT2D eigenvalue weighted by Gasteiger charge is 2.30. The zero-order valence-electron chi connectivity index (χ0n) is 11.0. The van der Waals surface area contributed by atoms with E-state index in [9.17, 15) is 4.79 Å². The van der Waals surface area contributed by atoms with E-state index in [1.54, 1.807) is 11.8 Å². The number of benzene rings is 1. The van der Waals surface area contributed by atoms with Crippen LogP contribution in [-0.4, -0.2) is 24.2 Å². The number of nitrogens with one attached hydrogen (secondary N) is 1. The normalized spacial score (nSPS) is 23.5. The summed E-state index contributed by atoms with van der Waals surface area (Å²) in [7, 11) is 0. The van der Waals surface area contributed by atoms with Gasteiger partial charge in [0.05, 0.1) is 0 Å². The van der Waals surface area contributed by atoms with Crippen molar-refractivity contribution in [2.75, 3.05) is 12.3 Å². The van der Waals surface area contributed by atoms with Gasteiger partial charge in [-0.1, -0.05) is 24.3 Å². The highest BCUT2D eigenvalue weighted by Crippen LogP contribution is 2.37. The van der Waals surface area contributed by atoms with Crippen molar-refractivity contribution >= 4 is 17.7 Å². The first-order chi connectivity index (χ1) is 9.25. The van der Waals surface area contributed by atoms with Crippen LogP contribution in [0.5, 0.6) is 0 Å². The third-order valence-electron chi connectivity index (χ3n) is 3.97. The number of amides is 1. The molecule has 1 aliphatic carbocycles. The van der Waals surface area contributed by atoms with Gasteiger partial charge in [0.2, 0.25) is 5.91 Å². The van der Waals surface area contributed by atoms with Gasteiger partial charge in [0, 0.05) is 12.6 Å². The Labute approximate surface area is 118 Å². The maximum atomic E-state index is 12.3. The molecule has 1 aliphatic heterocycles. The predicted molar refractivity (Wildman–Crippen MR) is 79.1 cm³/mol. The molecule has 1 amide bonds. The van der Waals surface area contributed by atoms with Crippen LogP contribution in [0.15, 0.2) is 24.3 Å². The fourth-order valence-electron chi connectivity index (χ4n) is 2.61. The molecule has 0 aromatic heterocycles. The number of thioether (sulfide) groups is 1. The number of hydrogen-bond acceptors (Lipinski definition) is 3. The van der Waals surface area contributed by atoms with Gasteiger partial charge < -0.3 is 11.1 Å². The summed E-state index contributed by atoms with van der Waals surface area (Å²) >= 11 is 1.74. The standard InChI is InChI=1S/C15H20N2OS/c16-13(11-5-6-11)9-17-15(18)14-12-4-2-1-3-10(12)7-8-19-14/h1-4,11,13-14H,5-9,16H2,(H,17,18). The molecule has 0 saturated heterocycles. The minimum Gasteiger partial charge on any atom is -0.353 e. The SMILES string of the molecule is NC(CNC(=O)C1SCCc2ccccc21)C1CC1. The van der Waals surface area contributed by atoms with E-state index in [1.165, 1.54) is 24.0 Å². The van der Waals surface area contributed by atoms with Crippen LogP contribution in [0.25, 0.3) is 0 Å². The summed E-state index contributed by atoms with van der Waals surface area (Å²) in [6, 6.07) is 8.40. The first-order valence-corrected chi connectivity index (χ1v) is 8.03. The van der Waals surface area contributed by atoms with Gasteiger partial charge in [-0.05, 0) is 42.1 Å². The Morgan fingerprint density at radius 1 is 1.42 bits per heavy atom. The Balaban J connectivity index is 1.63. The highest BCUT2D eigenvalue weighted by molar-refractivity contribution is 8.00. The molecule has 1 aromatic rings. The molecule has 0 bridgehead atoms. The molecule has 3 rings (SSSR count). The van der Waals surface area contributed by atoms with Crippen LogP contribution < -0.4 is 11.1 Å². The zero-order chi connectivity index (χ0) is 13.2. The molecule has 102 valence electrons. The van der Waals surface area contributed by atoms with Crippen LogP contribution in [0.2, 0.25) is 0 Å². The molecule has 0 radical (unpaired) electrons. The van der Waals surface area contributed by atoms with Gasteiger partial charge in [0.1, 0.15) is 5.25 Å². The predicted octanol–water partition coefficient (Wildman–Crippen LogP) is 1.87. The van der Waals surface area contributed by atoms with Crippen LogP contribution in [0, 0.1) is 5.92 Å². The summed E-state index contributed by atoms with van der Waals surface area (Å²) in [4.78, 5) is 12.3. The summed E-state index contributed by atoms with van der Waals surface area (Å²) in [5, 5.41) is 2.97. The van der Waals surface area contributed by atoms with Crippen LogP contribution in [0.4, 0.5) is 0 Å². The summed E-state index contributed by atoms with van der Waals surface area (Å²) in [5.74, 6) is 1.77. The molecule has 2 atom stereocenters. The number of hydrogen-bond donors (Lipinski definition) is 2. The molecule has 2 aliphatic rings. The number of carbonyl (C=O) groups is 1. The Kier molecular flexibility index (Phi) is 3.80. The third-order valence-corrected chi connectivity index (χ3v) is 5.21. The van der Waals surface area contributed by atoms with Gasteiger partial charge in [-0.25, -0.2) is 0 Å². The van der Waals surface area contributed by atoms with E-state index in [0.29, 0.717) is 12.5 Å². The lowest BCUT2D eigenvalue weighted by Gasteiger charge is -2.24. The maximum absolute atomic E-state index is 12.3. The molecule has 0 spiro atoms. The maximum Gasteiger partial charge on any atom is 0.237 e. The van der Waals surface area contributed by atoms with Crippen molar-refractivity contribution in [3.8, 4) is 0 Å². The second-order valence-electron chi connectivity index (χ2n) is 5.45. The van der Waals surface area contributed by atoms with Gasteiger partial charge in [-0.3, -0.25) is 4.79 Å². The average Bonchev–Trinajstić information content (AvgIpc) is 3.28. The van der Waals surface area contributed by atoms with Gasteiger partial charge in [0.15, 0.2) is 0 Å². The third kappa shape index (κ3) is 2.95. The minimum atomic E-state index is -0.0589. The minimum absolute atomic E-state index is 0.0589. The zero-order valence-corrected chi connectivity index (χ0v) is 11.8. The first-order valence-electron chi connectivity index (χ1n) is 6.98. The molecule has 2 unspecified atom stereocenters. The molecule has 4 heteroatoms. The number of aryl methyl sites for hydroxylation is 1. The summed E-state index contributed by atoms with van der Waals surface area (Å²) in [5.41, 5.74) is 8.52. The monoisotopic (exact) mass is 276 g/mol. The Morgan fingerprint density at radius 2 is 2.21 bits per heavy atom. The van der Waals surface area contributed by atoms with Crippen LogP contribution in [-0.2, 0) is 11.2 Å². The van der Waals surface area contributed by atoms with E-state index < -0.39 is 0 Å². The molecule has 1 saturated carbocycles. The molecule has 1 aromatic carbocycles. The lowest BCUT2D eigenvalue weighted by atomic mass is 10.0. The molecule has 19 heavy (non-hydrogen) atoms. The Hall–Kier alpha value is -1.00. The lowest BCUT2D eigenvalue weighted by molar-refractivity contribution is -0.120. The van der Waals surface area contributed by atoms with Crippen molar-refractivity contribution in [3.63, 3.8) is 0 Å². The topological polar surface area (TPSA) is 55.1 Å². The second kappa shape index (κ2) is 5.55. The smallest absolute Gasteiger partial charge is 0.237 e. The van der Waals surface area contributed by atoms with E-state index in [1.807, 2.05) is 12.1 Å². The van der Waals surface area contributed by atoms with E-state index in [-0.39, 0.29) is 17.2 Å². The molecular weight excluding hydrogens is 256 g/mol. The van der Waals surface area contributed by atoms with E-state index in [0.717, 1.165) is 12.2 Å². The van der Waals surface area contributed by atoms with Crippen LogP contribution >= 0.6 is 11.8 Å². The molecule has 1 heterocycles. The Morgan fingerprint density at radius 3 is 3.00 bits per heavy atom. The number of rotatable bonds is 4. The fraction of sp³-hybridized carbons (Fsp3) is 0.533. The van der Waals surface area contributed by atoms with Crippen molar-refractivity contribution in [3.05, 3.63) is 35.4 Å². The van der Waals surface area contributed by atoms with Crippen molar-refractivity contribution in [2.45, 2.75) is 30.6 Å².